The maximum absolute atomic E-state index is 12.3. The number of anilines is 1. The Morgan fingerprint density at radius 1 is 1.17 bits per heavy atom. The third-order valence-corrected chi connectivity index (χ3v) is 5.44. The molecule has 1 aliphatic rings. The highest BCUT2D eigenvalue weighted by molar-refractivity contribution is 5.97. The summed E-state index contributed by atoms with van der Waals surface area (Å²) in [6.07, 6.45) is 4.70. The third-order valence-electron chi connectivity index (χ3n) is 5.44. The Labute approximate surface area is 179 Å². The molecule has 0 aromatic heterocycles. The Kier molecular flexibility index (Phi) is 7.85. The molecule has 1 amide bonds. The van der Waals surface area contributed by atoms with Gasteiger partial charge in [0, 0.05) is 17.8 Å². The zero-order chi connectivity index (χ0) is 21.3. The molecule has 3 rings (SSSR count). The van der Waals surface area contributed by atoms with E-state index in [4.69, 9.17) is 10.6 Å². The molecule has 1 heterocycles. The van der Waals surface area contributed by atoms with Crippen LogP contribution in [0.5, 0.6) is 0 Å². The number of oxime groups is 1. The van der Waals surface area contributed by atoms with Gasteiger partial charge in [-0.15, -0.1) is 0 Å². The summed E-state index contributed by atoms with van der Waals surface area (Å²) in [5, 5.41) is 6.87. The number of carbonyl (C=O) groups excluding carboxylic acids is 1. The average Bonchev–Trinajstić information content (AvgIpc) is 2.76. The van der Waals surface area contributed by atoms with Gasteiger partial charge < -0.3 is 15.9 Å². The molecule has 6 heteroatoms. The topological polar surface area (TPSA) is 79.9 Å². The molecule has 0 atom stereocenters. The Bertz CT molecular complexity index is 889. The van der Waals surface area contributed by atoms with Crippen LogP contribution in [0, 0.1) is 6.92 Å². The van der Waals surface area contributed by atoms with Gasteiger partial charge in [-0.25, -0.2) is 0 Å². The number of benzene rings is 2. The summed E-state index contributed by atoms with van der Waals surface area (Å²) in [5.41, 5.74) is 11.1. The summed E-state index contributed by atoms with van der Waals surface area (Å²) in [7, 11) is 0. The molecule has 1 saturated heterocycles. The largest absolute Gasteiger partial charge is 0.384 e. The Morgan fingerprint density at radius 3 is 2.70 bits per heavy atom. The Balaban J connectivity index is 1.55. The number of hydrogen-bond acceptors (Lipinski definition) is 4. The predicted octanol–water partition coefficient (Wildman–Crippen LogP) is 3.82. The first-order valence-corrected chi connectivity index (χ1v) is 10.7. The van der Waals surface area contributed by atoms with Crippen molar-refractivity contribution in [2.75, 3.05) is 25.0 Å². The highest BCUT2D eigenvalue weighted by Crippen LogP contribution is 2.21. The smallest absolute Gasteiger partial charge is 0.265 e. The van der Waals surface area contributed by atoms with Gasteiger partial charge >= 0.3 is 0 Å². The van der Waals surface area contributed by atoms with E-state index in [1.807, 2.05) is 43.3 Å². The fraction of sp³-hybridized carbons (Fsp3) is 0.417. The molecule has 30 heavy (non-hydrogen) atoms. The van der Waals surface area contributed by atoms with E-state index in [-0.39, 0.29) is 18.3 Å². The molecule has 0 bridgehead atoms. The summed E-state index contributed by atoms with van der Waals surface area (Å²) >= 11 is 0. The lowest BCUT2D eigenvalue weighted by atomic mass is 10.1. The fourth-order valence-corrected chi connectivity index (χ4v) is 3.80. The quantitative estimate of drug-likeness (QED) is 0.395. The average molecular weight is 409 g/mol. The van der Waals surface area contributed by atoms with E-state index < -0.39 is 0 Å². The summed E-state index contributed by atoms with van der Waals surface area (Å²) in [6, 6.07) is 14.0. The van der Waals surface area contributed by atoms with Gasteiger partial charge in [-0.3, -0.25) is 9.69 Å². The monoisotopic (exact) mass is 408 g/mol. The molecule has 1 fully saturated rings. The number of hydrogen-bond donors (Lipinski definition) is 2. The van der Waals surface area contributed by atoms with Gasteiger partial charge in [0.2, 0.25) is 0 Å². The number of likely N-dealkylation sites (tertiary alicyclic amines) is 1. The van der Waals surface area contributed by atoms with Crippen LogP contribution < -0.4 is 11.1 Å². The van der Waals surface area contributed by atoms with E-state index in [9.17, 15) is 4.79 Å². The van der Waals surface area contributed by atoms with Crippen LogP contribution in [0.4, 0.5) is 5.69 Å². The van der Waals surface area contributed by atoms with Crippen molar-refractivity contribution >= 4 is 17.4 Å². The van der Waals surface area contributed by atoms with Crippen molar-refractivity contribution < 1.29 is 9.63 Å². The summed E-state index contributed by atoms with van der Waals surface area (Å²) in [6.45, 7) is 7.06. The molecule has 0 aliphatic carbocycles. The van der Waals surface area contributed by atoms with Crippen LogP contribution in [0.3, 0.4) is 0 Å². The van der Waals surface area contributed by atoms with Gasteiger partial charge in [0.05, 0.1) is 0 Å². The molecule has 160 valence electrons. The molecule has 0 unspecified atom stereocenters. The van der Waals surface area contributed by atoms with Crippen molar-refractivity contribution in [3.63, 3.8) is 0 Å². The number of nitrogens with one attached hydrogen (secondary N) is 1. The minimum absolute atomic E-state index is 0.189. The van der Waals surface area contributed by atoms with Gasteiger partial charge in [-0.05, 0) is 62.0 Å². The van der Waals surface area contributed by atoms with Crippen LogP contribution in [0.25, 0.3) is 0 Å². The lowest BCUT2D eigenvalue weighted by molar-refractivity contribution is -0.120. The molecular formula is C24H32N4O2. The molecule has 0 spiro atoms. The number of nitrogens with zero attached hydrogens (tertiary/aromatic N) is 2. The van der Waals surface area contributed by atoms with E-state index in [2.05, 4.69) is 28.4 Å². The van der Waals surface area contributed by atoms with Gasteiger partial charge in [0.25, 0.3) is 5.91 Å². The minimum atomic E-state index is -0.255. The summed E-state index contributed by atoms with van der Waals surface area (Å²) in [4.78, 5) is 20.0. The lowest BCUT2D eigenvalue weighted by Gasteiger charge is -2.26. The van der Waals surface area contributed by atoms with E-state index in [1.54, 1.807) is 0 Å². The highest BCUT2D eigenvalue weighted by Gasteiger charge is 2.12. The van der Waals surface area contributed by atoms with Crippen molar-refractivity contribution in [2.24, 2.45) is 10.9 Å². The molecule has 0 radical (unpaired) electrons. The second kappa shape index (κ2) is 10.8. The van der Waals surface area contributed by atoms with Crippen molar-refractivity contribution in [3.8, 4) is 0 Å². The van der Waals surface area contributed by atoms with Crippen molar-refractivity contribution in [3.05, 3.63) is 64.7 Å². The number of amides is 1. The number of para-hydroxylation sites is 1. The second-order valence-corrected chi connectivity index (χ2v) is 7.80. The van der Waals surface area contributed by atoms with Gasteiger partial charge in [-0.1, -0.05) is 54.9 Å². The van der Waals surface area contributed by atoms with Gasteiger partial charge in [0.15, 0.2) is 12.4 Å². The summed E-state index contributed by atoms with van der Waals surface area (Å²) < 4.78 is 0. The molecule has 2 aromatic carbocycles. The normalized spacial score (nSPS) is 15.1. The van der Waals surface area contributed by atoms with Crippen LogP contribution in [-0.2, 0) is 22.6 Å². The molecule has 0 saturated carbocycles. The first-order chi connectivity index (χ1) is 14.6. The first-order valence-electron chi connectivity index (χ1n) is 10.7. The summed E-state index contributed by atoms with van der Waals surface area (Å²) in [5.74, 6) is 0.0165. The van der Waals surface area contributed by atoms with Crippen LogP contribution in [-0.4, -0.2) is 36.3 Å². The van der Waals surface area contributed by atoms with E-state index >= 15 is 0 Å². The fourth-order valence-electron chi connectivity index (χ4n) is 3.80. The van der Waals surface area contributed by atoms with Crippen LogP contribution >= 0.6 is 0 Å². The number of nitrogens with two attached hydrogens (primary N) is 1. The number of aryl methyl sites for hydroxylation is 2. The number of carbonyl (C=O) groups is 1. The van der Waals surface area contributed by atoms with Crippen LogP contribution in [0.1, 0.15) is 48.4 Å². The Hall–Kier alpha value is -2.86. The van der Waals surface area contributed by atoms with E-state index in [0.717, 1.165) is 48.4 Å². The maximum atomic E-state index is 12.3. The third kappa shape index (κ3) is 6.07. The van der Waals surface area contributed by atoms with Crippen LogP contribution in [0.2, 0.25) is 0 Å². The minimum Gasteiger partial charge on any atom is -0.384 e. The van der Waals surface area contributed by atoms with Gasteiger partial charge in [0.1, 0.15) is 0 Å². The number of rotatable bonds is 8. The second-order valence-electron chi connectivity index (χ2n) is 7.80. The predicted molar refractivity (Wildman–Crippen MR) is 121 cm³/mol. The highest BCUT2D eigenvalue weighted by atomic mass is 16.6. The first kappa shape index (κ1) is 21.8. The molecular weight excluding hydrogens is 376 g/mol. The van der Waals surface area contributed by atoms with E-state index in [1.165, 1.54) is 24.8 Å². The van der Waals surface area contributed by atoms with Gasteiger partial charge in [-0.2, -0.15) is 0 Å². The van der Waals surface area contributed by atoms with Crippen molar-refractivity contribution in [2.45, 2.75) is 46.1 Å². The standard InChI is InChI=1S/C24H32N4O2/c1-3-20-11-7-9-18(2)23(20)26-22(29)17-30-27-24(25)21-12-8-10-19(15-21)16-28-13-5-4-6-14-28/h7-12,15H,3-6,13-14,16-17H2,1-2H3,(H2,25,27)(H,26,29). The SMILES string of the molecule is CCc1cccc(C)c1NC(=O)CO/N=C(/N)c1cccc(CN2CCCCC2)c1. The molecule has 6 nitrogen and oxygen atoms in total. The van der Waals surface area contributed by atoms with E-state index in [0.29, 0.717) is 0 Å². The maximum Gasteiger partial charge on any atom is 0.265 e. The lowest BCUT2D eigenvalue weighted by Crippen LogP contribution is -2.29. The molecule has 1 aliphatic heterocycles. The number of piperidine rings is 1. The molecule has 2 aromatic rings. The molecule has 3 N–H and O–H groups in total. The van der Waals surface area contributed by atoms with Crippen LogP contribution in [0.15, 0.2) is 47.6 Å². The van der Waals surface area contributed by atoms with Crippen molar-refractivity contribution in [1.29, 1.82) is 0 Å². The Morgan fingerprint density at radius 2 is 1.93 bits per heavy atom. The zero-order valence-corrected chi connectivity index (χ0v) is 18.0. The van der Waals surface area contributed by atoms with Crippen molar-refractivity contribution in [1.82, 2.24) is 4.90 Å². The zero-order valence-electron chi connectivity index (χ0n) is 18.0. The number of amidine groups is 1.